The highest BCUT2D eigenvalue weighted by molar-refractivity contribution is 7.67. The topological polar surface area (TPSA) is 0 Å². The van der Waals surface area contributed by atoms with Gasteiger partial charge in [-0.3, -0.25) is 0 Å². The van der Waals surface area contributed by atoms with Gasteiger partial charge in [-0.05, 0) is 53.8 Å². The average Bonchev–Trinajstić information content (AvgIpc) is 2.57. The first-order chi connectivity index (χ1) is 10.8. The SMILES string of the molecule is CC(C)c1ccc(P(C2CCCCC2)C2CCCCC2)cc1. The van der Waals surface area contributed by atoms with Crippen LogP contribution >= 0.6 is 7.92 Å². The molecule has 2 fully saturated rings. The molecule has 1 aromatic carbocycles. The van der Waals surface area contributed by atoms with Crippen molar-refractivity contribution in [1.29, 1.82) is 0 Å². The minimum atomic E-state index is 0.0762. The van der Waals surface area contributed by atoms with Gasteiger partial charge in [-0.1, -0.05) is 84.6 Å². The lowest BCUT2D eigenvalue weighted by molar-refractivity contribution is 0.487. The van der Waals surface area contributed by atoms with Crippen molar-refractivity contribution in [1.82, 2.24) is 0 Å². The second-order valence-electron chi connectivity index (χ2n) is 7.74. The third-order valence-electron chi connectivity index (χ3n) is 5.79. The summed E-state index contributed by atoms with van der Waals surface area (Å²) in [6.45, 7) is 4.61. The fraction of sp³-hybridized carbons (Fsp3) is 0.714. The summed E-state index contributed by atoms with van der Waals surface area (Å²) in [6.07, 6.45) is 14.9. The van der Waals surface area contributed by atoms with Crippen molar-refractivity contribution in [3.05, 3.63) is 29.8 Å². The van der Waals surface area contributed by atoms with Gasteiger partial charge >= 0.3 is 0 Å². The van der Waals surface area contributed by atoms with Gasteiger partial charge in [0.25, 0.3) is 0 Å². The van der Waals surface area contributed by atoms with Crippen molar-refractivity contribution < 1.29 is 0 Å². The Bertz CT molecular complexity index is 417. The Labute approximate surface area is 138 Å². The Balaban J connectivity index is 1.82. The highest BCUT2D eigenvalue weighted by Crippen LogP contribution is 2.54. The van der Waals surface area contributed by atoms with Crippen molar-refractivity contribution >= 4 is 13.2 Å². The molecule has 1 heteroatoms. The highest BCUT2D eigenvalue weighted by atomic mass is 31.1. The molecular formula is C21H33P. The lowest BCUT2D eigenvalue weighted by atomic mass is 9.99. The summed E-state index contributed by atoms with van der Waals surface area (Å²) in [4.78, 5) is 0. The molecule has 0 N–H and O–H groups in total. The first kappa shape index (κ1) is 16.5. The van der Waals surface area contributed by atoms with Crippen LogP contribution in [0.3, 0.4) is 0 Å². The van der Waals surface area contributed by atoms with E-state index in [1.54, 1.807) is 5.30 Å². The van der Waals surface area contributed by atoms with Crippen LogP contribution < -0.4 is 5.30 Å². The zero-order valence-electron chi connectivity index (χ0n) is 14.6. The average molecular weight is 316 g/mol. The molecule has 2 saturated carbocycles. The summed E-state index contributed by atoms with van der Waals surface area (Å²) in [5.41, 5.74) is 3.56. The molecule has 22 heavy (non-hydrogen) atoms. The van der Waals surface area contributed by atoms with E-state index in [-0.39, 0.29) is 7.92 Å². The molecule has 0 saturated heterocycles. The van der Waals surface area contributed by atoms with Crippen molar-refractivity contribution in [2.24, 2.45) is 0 Å². The number of rotatable bonds is 4. The fourth-order valence-electron chi connectivity index (χ4n) is 4.47. The molecule has 0 aromatic heterocycles. The monoisotopic (exact) mass is 316 g/mol. The lowest BCUT2D eigenvalue weighted by Gasteiger charge is -2.38. The van der Waals surface area contributed by atoms with Gasteiger partial charge in [0.05, 0.1) is 0 Å². The molecule has 3 rings (SSSR count). The quantitative estimate of drug-likeness (QED) is 0.550. The summed E-state index contributed by atoms with van der Waals surface area (Å²) in [5.74, 6) is 0.657. The molecule has 0 amide bonds. The van der Waals surface area contributed by atoms with E-state index >= 15 is 0 Å². The van der Waals surface area contributed by atoms with E-state index < -0.39 is 0 Å². The molecule has 122 valence electrons. The van der Waals surface area contributed by atoms with Crippen LogP contribution in [0, 0.1) is 0 Å². The van der Waals surface area contributed by atoms with E-state index in [1.807, 2.05) is 0 Å². The van der Waals surface area contributed by atoms with Gasteiger partial charge < -0.3 is 0 Å². The van der Waals surface area contributed by atoms with Crippen LogP contribution in [0.1, 0.15) is 89.5 Å². The maximum atomic E-state index is 2.50. The minimum Gasteiger partial charge on any atom is -0.0690 e. The summed E-state index contributed by atoms with van der Waals surface area (Å²) in [5, 5.41) is 1.72. The Morgan fingerprint density at radius 2 is 1.18 bits per heavy atom. The van der Waals surface area contributed by atoms with E-state index in [1.165, 1.54) is 69.8 Å². The molecule has 2 aliphatic carbocycles. The first-order valence-electron chi connectivity index (χ1n) is 9.64. The molecular weight excluding hydrogens is 283 g/mol. The number of hydrogen-bond donors (Lipinski definition) is 0. The van der Waals surface area contributed by atoms with Gasteiger partial charge in [0.2, 0.25) is 0 Å². The molecule has 1 aromatic rings. The predicted molar refractivity (Wildman–Crippen MR) is 101 cm³/mol. The zero-order valence-corrected chi connectivity index (χ0v) is 15.5. The standard InChI is InChI=1S/C21H33P/c1-17(2)18-13-15-21(16-14-18)22(19-9-5-3-6-10-19)20-11-7-4-8-12-20/h13-17,19-20H,3-12H2,1-2H3. The van der Waals surface area contributed by atoms with Crippen LogP contribution in [0.2, 0.25) is 0 Å². The fourth-order valence-corrected chi connectivity index (χ4v) is 8.25. The Kier molecular flexibility index (Phi) is 5.97. The zero-order chi connectivity index (χ0) is 15.4. The smallest absolute Gasteiger partial charge is 0.0166 e. The Hall–Kier alpha value is -0.350. The molecule has 0 aliphatic heterocycles. The van der Waals surface area contributed by atoms with E-state index in [4.69, 9.17) is 0 Å². The normalized spacial score (nSPS) is 21.6. The summed E-state index contributed by atoms with van der Waals surface area (Å²) >= 11 is 0. The van der Waals surface area contributed by atoms with Crippen molar-refractivity contribution in [2.45, 2.75) is 95.3 Å². The summed E-state index contributed by atoms with van der Waals surface area (Å²) in [6, 6.07) is 9.84. The summed E-state index contributed by atoms with van der Waals surface area (Å²) in [7, 11) is 0.0762. The van der Waals surface area contributed by atoms with Crippen LogP contribution in [-0.2, 0) is 0 Å². The Morgan fingerprint density at radius 3 is 1.59 bits per heavy atom. The van der Waals surface area contributed by atoms with Gasteiger partial charge in [0.1, 0.15) is 0 Å². The maximum absolute atomic E-state index is 2.50. The van der Waals surface area contributed by atoms with Gasteiger partial charge in [-0.2, -0.15) is 0 Å². The molecule has 0 bridgehead atoms. The molecule has 2 aliphatic rings. The van der Waals surface area contributed by atoms with Crippen LogP contribution in [0.15, 0.2) is 24.3 Å². The van der Waals surface area contributed by atoms with Gasteiger partial charge in [0.15, 0.2) is 0 Å². The molecule has 0 nitrogen and oxygen atoms in total. The van der Waals surface area contributed by atoms with Gasteiger partial charge in [-0.25, -0.2) is 0 Å². The molecule has 0 heterocycles. The van der Waals surface area contributed by atoms with Gasteiger partial charge in [-0.15, -0.1) is 0 Å². The first-order valence-corrected chi connectivity index (χ1v) is 11.1. The van der Waals surface area contributed by atoms with Crippen LogP contribution in [-0.4, -0.2) is 11.3 Å². The predicted octanol–water partition coefficient (Wildman–Crippen LogP) is 6.58. The minimum absolute atomic E-state index is 0.0762. The van der Waals surface area contributed by atoms with Crippen LogP contribution in [0.5, 0.6) is 0 Å². The van der Waals surface area contributed by atoms with Crippen molar-refractivity contribution in [2.75, 3.05) is 0 Å². The van der Waals surface area contributed by atoms with E-state index in [2.05, 4.69) is 38.1 Å². The van der Waals surface area contributed by atoms with E-state index in [0.717, 1.165) is 11.3 Å². The highest BCUT2D eigenvalue weighted by Gasteiger charge is 2.32. The van der Waals surface area contributed by atoms with Crippen molar-refractivity contribution in [3.63, 3.8) is 0 Å². The van der Waals surface area contributed by atoms with E-state index in [9.17, 15) is 0 Å². The van der Waals surface area contributed by atoms with Crippen LogP contribution in [0.25, 0.3) is 0 Å². The number of benzene rings is 1. The number of hydrogen-bond acceptors (Lipinski definition) is 0. The molecule has 0 radical (unpaired) electrons. The molecule has 0 spiro atoms. The maximum Gasteiger partial charge on any atom is -0.0166 e. The van der Waals surface area contributed by atoms with Crippen molar-refractivity contribution in [3.8, 4) is 0 Å². The summed E-state index contributed by atoms with van der Waals surface area (Å²) < 4.78 is 0. The van der Waals surface area contributed by atoms with E-state index in [0.29, 0.717) is 5.92 Å². The molecule has 0 atom stereocenters. The second kappa shape index (κ2) is 7.96. The molecule has 0 unspecified atom stereocenters. The second-order valence-corrected chi connectivity index (χ2v) is 10.5. The third kappa shape index (κ3) is 3.94. The third-order valence-corrected chi connectivity index (χ3v) is 9.29. The Morgan fingerprint density at radius 1 is 0.727 bits per heavy atom. The largest absolute Gasteiger partial charge is 0.0690 e. The lowest BCUT2D eigenvalue weighted by Crippen LogP contribution is -2.26. The van der Waals surface area contributed by atoms with Crippen LogP contribution in [0.4, 0.5) is 0 Å². The van der Waals surface area contributed by atoms with Gasteiger partial charge in [0, 0.05) is 0 Å².